The van der Waals surface area contributed by atoms with Crippen molar-refractivity contribution in [3.05, 3.63) is 41.7 Å². The van der Waals surface area contributed by atoms with Crippen LogP contribution in [0.15, 0.2) is 24.3 Å². The molecule has 1 N–H and O–H groups in total. The predicted octanol–water partition coefficient (Wildman–Crippen LogP) is 2.42. The highest BCUT2D eigenvalue weighted by Gasteiger charge is 2.46. The van der Waals surface area contributed by atoms with E-state index in [1.165, 1.54) is 6.42 Å². The summed E-state index contributed by atoms with van der Waals surface area (Å²) in [4.78, 5) is 2.70. The fourth-order valence-electron chi connectivity index (χ4n) is 6.26. The van der Waals surface area contributed by atoms with Gasteiger partial charge in [0.1, 0.15) is 27.3 Å². The first-order valence-electron chi connectivity index (χ1n) is 12.4. The molecule has 1 aromatic carbocycles. The zero-order valence-corrected chi connectivity index (χ0v) is 19.9. The largest absolute Gasteiger partial charge is 0.381 e. The van der Waals surface area contributed by atoms with Gasteiger partial charge in [0.15, 0.2) is 11.6 Å². The number of likely N-dealkylation sites (tertiary alicyclic amines) is 1. The topological polar surface area (TPSA) is 50.3 Å². The standard InChI is InChI=1S/C24H31B2F3N4O/c25-24(26,16-2-1-6-34-7-5-16)33-12-14-8-18(9-15(14)13-33)30-22-4-3-21(31-32-22)19-10-17(27)11-20(28)23(19)29/h3-4,10-11,14-16,18H,1-2,5-9,12-13,25-26H2,(H,30,32)/t14-,15+,16?,18+. The molecule has 3 fully saturated rings. The Kier molecular flexibility index (Phi) is 6.64. The Morgan fingerprint density at radius 2 is 1.76 bits per heavy atom. The van der Waals surface area contributed by atoms with E-state index in [1.54, 1.807) is 12.1 Å². The summed E-state index contributed by atoms with van der Waals surface area (Å²) in [5, 5.41) is 11.8. The number of anilines is 1. The first-order chi connectivity index (χ1) is 16.3. The van der Waals surface area contributed by atoms with Crippen LogP contribution in [0.2, 0.25) is 0 Å². The lowest BCUT2D eigenvalue weighted by molar-refractivity contribution is 0.130. The summed E-state index contributed by atoms with van der Waals surface area (Å²) in [5.41, 5.74) is -0.124. The lowest BCUT2D eigenvalue weighted by atomic mass is 9.52. The van der Waals surface area contributed by atoms with Crippen LogP contribution in [0, 0.1) is 35.2 Å². The van der Waals surface area contributed by atoms with Crippen molar-refractivity contribution in [2.75, 3.05) is 31.6 Å². The van der Waals surface area contributed by atoms with Gasteiger partial charge < -0.3 is 15.0 Å². The van der Waals surface area contributed by atoms with E-state index in [4.69, 9.17) is 4.74 Å². The Labute approximate surface area is 200 Å². The van der Waals surface area contributed by atoms with Gasteiger partial charge in [-0.1, -0.05) is 0 Å². The minimum atomic E-state index is -1.24. The summed E-state index contributed by atoms with van der Waals surface area (Å²) in [6, 6.07) is 5.01. The number of hydrogen-bond acceptors (Lipinski definition) is 5. The van der Waals surface area contributed by atoms with Gasteiger partial charge in [0.25, 0.3) is 0 Å². The molecule has 1 saturated carbocycles. The summed E-state index contributed by atoms with van der Waals surface area (Å²) >= 11 is 0. The molecule has 34 heavy (non-hydrogen) atoms. The van der Waals surface area contributed by atoms with Crippen LogP contribution in [-0.2, 0) is 4.74 Å². The number of benzene rings is 1. The molecule has 0 radical (unpaired) electrons. The fraction of sp³-hybridized carbons (Fsp3) is 0.583. The molecule has 0 spiro atoms. The van der Waals surface area contributed by atoms with E-state index in [9.17, 15) is 13.2 Å². The monoisotopic (exact) mass is 470 g/mol. The van der Waals surface area contributed by atoms with E-state index < -0.39 is 17.5 Å². The van der Waals surface area contributed by atoms with Gasteiger partial charge in [-0.2, -0.15) is 0 Å². The molecule has 2 aliphatic heterocycles. The number of rotatable bonds is 5. The van der Waals surface area contributed by atoms with Gasteiger partial charge in [-0.25, -0.2) is 13.2 Å². The second-order valence-corrected chi connectivity index (χ2v) is 10.7. The molecule has 1 aromatic heterocycles. The van der Waals surface area contributed by atoms with Crippen molar-refractivity contribution in [2.24, 2.45) is 17.8 Å². The second-order valence-electron chi connectivity index (χ2n) is 10.7. The number of halogens is 3. The van der Waals surface area contributed by atoms with E-state index in [0.29, 0.717) is 35.7 Å². The Hall–Kier alpha value is -2.06. The maximum absolute atomic E-state index is 14.0. The van der Waals surface area contributed by atoms with Gasteiger partial charge >= 0.3 is 0 Å². The molecule has 4 atom stereocenters. The molecule has 0 bridgehead atoms. The molecular weight excluding hydrogens is 439 g/mol. The van der Waals surface area contributed by atoms with Gasteiger partial charge in [-0.05, 0) is 73.4 Å². The van der Waals surface area contributed by atoms with Crippen molar-refractivity contribution in [3.8, 4) is 11.3 Å². The van der Waals surface area contributed by atoms with Crippen molar-refractivity contribution in [2.45, 2.75) is 43.5 Å². The quantitative estimate of drug-likeness (QED) is 0.538. The number of nitrogens with zero attached hydrogens (tertiary/aromatic N) is 3. The number of ether oxygens (including phenoxy) is 1. The average molecular weight is 470 g/mol. The van der Waals surface area contributed by atoms with Crippen molar-refractivity contribution in [3.63, 3.8) is 0 Å². The minimum absolute atomic E-state index is 0.103. The minimum Gasteiger partial charge on any atom is -0.381 e. The van der Waals surface area contributed by atoms with E-state index >= 15 is 0 Å². The highest BCUT2D eigenvalue weighted by Crippen LogP contribution is 2.42. The lowest BCUT2D eigenvalue weighted by Crippen LogP contribution is -2.55. The Morgan fingerprint density at radius 3 is 2.47 bits per heavy atom. The maximum Gasteiger partial charge on any atom is 0.168 e. The molecular formula is C24H31B2F3N4O. The van der Waals surface area contributed by atoms with Crippen LogP contribution in [0.3, 0.4) is 0 Å². The van der Waals surface area contributed by atoms with Gasteiger partial charge in [-0.3, -0.25) is 0 Å². The van der Waals surface area contributed by atoms with Crippen LogP contribution in [0.25, 0.3) is 11.3 Å². The van der Waals surface area contributed by atoms with Crippen LogP contribution in [0.5, 0.6) is 0 Å². The predicted molar refractivity (Wildman–Crippen MR) is 131 cm³/mol. The third kappa shape index (κ3) is 4.71. The number of hydrogen-bond donors (Lipinski definition) is 1. The first kappa shape index (κ1) is 23.7. The Balaban J connectivity index is 1.18. The van der Waals surface area contributed by atoms with Gasteiger partial charge in [0, 0.05) is 44.0 Å². The highest BCUT2D eigenvalue weighted by molar-refractivity contribution is 6.40. The average Bonchev–Trinajstić information content (AvgIpc) is 3.23. The maximum atomic E-state index is 14.0. The fourth-order valence-corrected chi connectivity index (χ4v) is 6.26. The molecule has 180 valence electrons. The molecule has 2 saturated heterocycles. The molecule has 0 amide bonds. The summed E-state index contributed by atoms with van der Waals surface area (Å²) < 4.78 is 46.8. The molecule has 1 unspecified atom stereocenters. The second kappa shape index (κ2) is 9.53. The normalized spacial score (nSPS) is 28.0. The third-order valence-corrected chi connectivity index (χ3v) is 8.30. The lowest BCUT2D eigenvalue weighted by Gasteiger charge is -2.43. The first-order valence-corrected chi connectivity index (χ1v) is 12.4. The summed E-state index contributed by atoms with van der Waals surface area (Å²) in [7, 11) is 4.81. The molecule has 3 aliphatic rings. The highest BCUT2D eigenvalue weighted by atomic mass is 19.2. The van der Waals surface area contributed by atoms with E-state index in [-0.39, 0.29) is 16.6 Å². The van der Waals surface area contributed by atoms with Gasteiger partial charge in [0.2, 0.25) is 0 Å². The van der Waals surface area contributed by atoms with Crippen LogP contribution in [0.4, 0.5) is 19.0 Å². The molecule has 5 rings (SSSR count). The van der Waals surface area contributed by atoms with Crippen LogP contribution in [-0.4, -0.2) is 68.5 Å². The van der Waals surface area contributed by atoms with E-state index in [1.807, 2.05) is 0 Å². The van der Waals surface area contributed by atoms with Crippen LogP contribution < -0.4 is 5.32 Å². The molecule has 10 heteroatoms. The van der Waals surface area contributed by atoms with Gasteiger partial charge in [-0.15, -0.1) is 10.2 Å². The van der Waals surface area contributed by atoms with Crippen LogP contribution in [0.1, 0.15) is 32.1 Å². The van der Waals surface area contributed by atoms with E-state index in [2.05, 4.69) is 36.1 Å². The number of fused-ring (bicyclic) bond motifs is 1. The zero-order valence-electron chi connectivity index (χ0n) is 19.9. The molecule has 1 aliphatic carbocycles. The third-order valence-electron chi connectivity index (χ3n) is 8.30. The van der Waals surface area contributed by atoms with Gasteiger partial charge in [0.05, 0.1) is 5.69 Å². The SMILES string of the molecule is BC(B)(C1CCCOCC1)N1C[C@H]2C[C@H](Nc3ccc(-c4cc(F)cc(F)c4F)nn3)C[C@H]2C1. The number of nitrogens with one attached hydrogen (secondary N) is 1. The molecule has 3 heterocycles. The Bertz CT molecular complexity index is 1000. The van der Waals surface area contributed by atoms with E-state index in [0.717, 1.165) is 58.1 Å². The van der Waals surface area contributed by atoms with Crippen LogP contribution >= 0.6 is 0 Å². The summed E-state index contributed by atoms with van der Waals surface area (Å²) in [5.74, 6) is -0.606. The molecule has 5 nitrogen and oxygen atoms in total. The number of aromatic nitrogens is 2. The van der Waals surface area contributed by atoms with Crippen molar-refractivity contribution in [1.29, 1.82) is 0 Å². The molecule has 2 aromatic rings. The Morgan fingerprint density at radius 1 is 1.00 bits per heavy atom. The van der Waals surface area contributed by atoms with Crippen molar-refractivity contribution < 1.29 is 17.9 Å². The smallest absolute Gasteiger partial charge is 0.168 e. The summed E-state index contributed by atoms with van der Waals surface area (Å²) in [6.45, 7) is 4.02. The van der Waals surface area contributed by atoms with Crippen molar-refractivity contribution >= 4 is 21.5 Å². The zero-order chi connectivity index (χ0) is 23.9. The summed E-state index contributed by atoms with van der Waals surface area (Å²) in [6.07, 6.45) is 5.70. The van der Waals surface area contributed by atoms with Crippen molar-refractivity contribution in [1.82, 2.24) is 15.1 Å².